The van der Waals surface area contributed by atoms with Crippen LogP contribution in [0.1, 0.15) is 6.23 Å². The first-order valence-electron chi connectivity index (χ1n) is 5.63. The number of aliphatic hydroxyl groups is 1. The van der Waals surface area contributed by atoms with Crippen molar-refractivity contribution in [3.63, 3.8) is 0 Å². The molecule has 0 bridgehead atoms. The quantitative estimate of drug-likeness (QED) is 0.628. The molecule has 4 atom stereocenters. The SMILES string of the molecule is Nc1ncnc2c1ncn2[C@@H]1OCC(O)[C@@H]1O[P+](=O)O. The van der Waals surface area contributed by atoms with Crippen molar-refractivity contribution in [1.29, 1.82) is 0 Å². The number of aromatic nitrogens is 4. The number of hydrogen-bond donors (Lipinski definition) is 3. The summed E-state index contributed by atoms with van der Waals surface area (Å²) < 4.78 is 22.5. The lowest BCUT2D eigenvalue weighted by atomic mass is 10.2. The van der Waals surface area contributed by atoms with Gasteiger partial charge in [0, 0.05) is 4.57 Å². The standard InChI is InChI=1S/C9H10N5O5P/c10-7-5-8(12-2-11-7)14(3-13-5)9-6(19-20(16)17)4(15)1-18-9/h2-4,6,9,15H,1H2,(H2-,10,11,12,16,17)/p+1/t4?,6-,9+/m0/s1. The van der Waals surface area contributed by atoms with Gasteiger partial charge in [0.1, 0.15) is 17.9 Å². The fourth-order valence-corrected chi connectivity index (χ4v) is 2.55. The summed E-state index contributed by atoms with van der Waals surface area (Å²) in [6, 6.07) is 0. The van der Waals surface area contributed by atoms with Crippen LogP contribution >= 0.6 is 8.25 Å². The molecule has 3 rings (SSSR count). The minimum Gasteiger partial charge on any atom is -0.388 e. The molecule has 0 amide bonds. The topological polar surface area (TPSA) is 146 Å². The minimum absolute atomic E-state index is 0.0290. The van der Waals surface area contributed by atoms with Gasteiger partial charge in [0.2, 0.25) is 0 Å². The Balaban J connectivity index is 2.01. The maximum atomic E-state index is 10.8. The largest absolute Gasteiger partial charge is 0.695 e. The van der Waals surface area contributed by atoms with Crippen LogP contribution in [-0.4, -0.2) is 48.3 Å². The molecule has 0 radical (unpaired) electrons. The summed E-state index contributed by atoms with van der Waals surface area (Å²) in [4.78, 5) is 20.8. The Bertz CT molecular complexity index is 663. The van der Waals surface area contributed by atoms with Gasteiger partial charge in [-0.25, -0.2) is 15.0 Å². The molecule has 1 saturated heterocycles. The highest BCUT2D eigenvalue weighted by Gasteiger charge is 2.45. The van der Waals surface area contributed by atoms with Crippen LogP contribution in [0.25, 0.3) is 11.2 Å². The van der Waals surface area contributed by atoms with Crippen LogP contribution in [0.15, 0.2) is 12.7 Å². The summed E-state index contributed by atoms with van der Waals surface area (Å²) in [6.07, 6.45) is -0.182. The zero-order chi connectivity index (χ0) is 14.3. The number of hydrogen-bond acceptors (Lipinski definition) is 8. The van der Waals surface area contributed by atoms with Gasteiger partial charge in [-0.05, 0) is 0 Å². The number of aliphatic hydroxyl groups excluding tert-OH is 1. The molecule has 1 aliphatic rings. The summed E-state index contributed by atoms with van der Waals surface area (Å²) in [6.45, 7) is -0.0290. The Morgan fingerprint density at radius 1 is 1.50 bits per heavy atom. The van der Waals surface area contributed by atoms with E-state index in [9.17, 15) is 9.67 Å². The molecule has 0 aliphatic carbocycles. The number of nitrogens with two attached hydrogens (primary N) is 1. The highest BCUT2D eigenvalue weighted by Crippen LogP contribution is 2.34. The van der Waals surface area contributed by atoms with Gasteiger partial charge in [-0.2, -0.15) is 0 Å². The Kier molecular flexibility index (Phi) is 3.32. The Labute approximate surface area is 113 Å². The van der Waals surface area contributed by atoms with Crippen LogP contribution in [-0.2, 0) is 13.8 Å². The van der Waals surface area contributed by atoms with Crippen molar-refractivity contribution in [3.8, 4) is 0 Å². The maximum Gasteiger partial charge on any atom is 0.695 e. The van der Waals surface area contributed by atoms with Crippen molar-refractivity contribution >= 4 is 25.2 Å². The molecule has 2 aromatic rings. The molecular weight excluding hydrogens is 289 g/mol. The molecule has 2 unspecified atom stereocenters. The number of nitrogens with zero attached hydrogens (tertiary/aromatic N) is 4. The van der Waals surface area contributed by atoms with Gasteiger partial charge < -0.3 is 15.6 Å². The summed E-state index contributed by atoms with van der Waals surface area (Å²) in [5, 5.41) is 9.75. The number of imidazole rings is 1. The third-order valence-electron chi connectivity index (χ3n) is 2.97. The lowest BCUT2D eigenvalue weighted by Crippen LogP contribution is -2.29. The van der Waals surface area contributed by atoms with Crippen LogP contribution < -0.4 is 5.73 Å². The lowest BCUT2D eigenvalue weighted by Gasteiger charge is -2.16. The van der Waals surface area contributed by atoms with Crippen LogP contribution in [0.4, 0.5) is 5.82 Å². The minimum atomic E-state index is -2.87. The number of anilines is 1. The van der Waals surface area contributed by atoms with E-state index in [4.69, 9.17) is 19.9 Å². The smallest absolute Gasteiger partial charge is 0.388 e. The number of ether oxygens (including phenoxy) is 1. The van der Waals surface area contributed by atoms with Gasteiger partial charge in [0.25, 0.3) is 0 Å². The van der Waals surface area contributed by atoms with Crippen LogP contribution in [0.2, 0.25) is 0 Å². The zero-order valence-corrected chi connectivity index (χ0v) is 10.9. The first-order chi connectivity index (χ1) is 9.58. The number of fused-ring (bicyclic) bond motifs is 1. The number of rotatable bonds is 3. The monoisotopic (exact) mass is 300 g/mol. The molecule has 0 aromatic carbocycles. The first kappa shape index (κ1) is 13.3. The second-order valence-electron chi connectivity index (χ2n) is 4.18. The molecule has 11 heteroatoms. The normalized spacial score (nSPS) is 27.1. The van der Waals surface area contributed by atoms with Gasteiger partial charge in [-0.1, -0.05) is 0 Å². The van der Waals surface area contributed by atoms with E-state index in [-0.39, 0.29) is 12.4 Å². The average molecular weight is 300 g/mol. The molecule has 1 fully saturated rings. The second-order valence-corrected chi connectivity index (χ2v) is 4.87. The number of nitrogen functional groups attached to an aromatic ring is 1. The predicted molar refractivity (Wildman–Crippen MR) is 65.4 cm³/mol. The molecule has 3 heterocycles. The van der Waals surface area contributed by atoms with E-state index >= 15 is 0 Å². The molecule has 1 aliphatic heterocycles. The average Bonchev–Trinajstić information content (AvgIpc) is 2.95. The highest BCUT2D eigenvalue weighted by atomic mass is 31.1. The summed E-state index contributed by atoms with van der Waals surface area (Å²) in [7, 11) is -2.87. The molecule has 20 heavy (non-hydrogen) atoms. The Hall–Kier alpha value is -1.71. The van der Waals surface area contributed by atoms with Gasteiger partial charge in [0.05, 0.1) is 12.9 Å². The summed E-state index contributed by atoms with van der Waals surface area (Å²) in [5.41, 5.74) is 6.44. The van der Waals surface area contributed by atoms with Crippen molar-refractivity contribution in [2.24, 2.45) is 0 Å². The van der Waals surface area contributed by atoms with Crippen molar-refractivity contribution < 1.29 is 23.8 Å². The predicted octanol–water partition coefficient (Wildman–Crippen LogP) is -0.667. The highest BCUT2D eigenvalue weighted by molar-refractivity contribution is 7.32. The fraction of sp³-hybridized carbons (Fsp3) is 0.444. The molecule has 2 aromatic heterocycles. The third-order valence-corrected chi connectivity index (χ3v) is 3.39. The molecule has 0 spiro atoms. The van der Waals surface area contributed by atoms with Crippen molar-refractivity contribution in [2.45, 2.75) is 18.4 Å². The fourth-order valence-electron chi connectivity index (χ4n) is 2.10. The van der Waals surface area contributed by atoms with Gasteiger partial charge in [0.15, 0.2) is 23.8 Å². The van der Waals surface area contributed by atoms with E-state index in [1.54, 1.807) is 0 Å². The van der Waals surface area contributed by atoms with Gasteiger partial charge >= 0.3 is 8.25 Å². The van der Waals surface area contributed by atoms with E-state index in [0.717, 1.165) is 0 Å². The lowest BCUT2D eigenvalue weighted by molar-refractivity contribution is -0.00372. The van der Waals surface area contributed by atoms with Crippen LogP contribution in [0.5, 0.6) is 0 Å². The molecule has 106 valence electrons. The van der Waals surface area contributed by atoms with Crippen LogP contribution in [0.3, 0.4) is 0 Å². The van der Waals surface area contributed by atoms with E-state index in [1.807, 2.05) is 0 Å². The summed E-state index contributed by atoms with van der Waals surface area (Å²) >= 11 is 0. The summed E-state index contributed by atoms with van der Waals surface area (Å²) in [5.74, 6) is 0.206. The van der Waals surface area contributed by atoms with E-state index in [0.29, 0.717) is 11.2 Å². The van der Waals surface area contributed by atoms with Gasteiger partial charge in [-0.15, -0.1) is 9.42 Å². The third kappa shape index (κ3) is 2.13. The van der Waals surface area contributed by atoms with E-state index in [1.165, 1.54) is 17.2 Å². The Morgan fingerprint density at radius 3 is 3.05 bits per heavy atom. The van der Waals surface area contributed by atoms with E-state index in [2.05, 4.69) is 15.0 Å². The zero-order valence-electron chi connectivity index (χ0n) is 10.0. The molecule has 4 N–H and O–H groups in total. The van der Waals surface area contributed by atoms with Crippen molar-refractivity contribution in [2.75, 3.05) is 12.3 Å². The maximum absolute atomic E-state index is 10.8. The Morgan fingerprint density at radius 2 is 2.30 bits per heavy atom. The second kappa shape index (κ2) is 5.00. The van der Waals surface area contributed by atoms with Crippen molar-refractivity contribution in [3.05, 3.63) is 12.7 Å². The first-order valence-corrected chi connectivity index (χ1v) is 6.76. The van der Waals surface area contributed by atoms with Crippen LogP contribution in [0, 0.1) is 0 Å². The van der Waals surface area contributed by atoms with Gasteiger partial charge in [-0.3, -0.25) is 4.57 Å². The molecule has 0 saturated carbocycles. The molecular formula is C9H11N5O5P+. The van der Waals surface area contributed by atoms with E-state index < -0.39 is 26.7 Å². The van der Waals surface area contributed by atoms with Crippen molar-refractivity contribution in [1.82, 2.24) is 19.5 Å². The molecule has 10 nitrogen and oxygen atoms in total.